The van der Waals surface area contributed by atoms with Crippen LogP contribution in [0.5, 0.6) is 0 Å². The number of ether oxygens (including phenoxy) is 1. The Kier molecular flexibility index (Phi) is 12.5. The van der Waals surface area contributed by atoms with Crippen LogP contribution in [0.4, 0.5) is 5.95 Å². The van der Waals surface area contributed by atoms with Crippen molar-refractivity contribution in [1.29, 1.82) is 0 Å². The van der Waals surface area contributed by atoms with Crippen molar-refractivity contribution in [3.63, 3.8) is 0 Å². The normalized spacial score (nSPS) is 28.1. The number of nitrogens with two attached hydrogens (primary N) is 1. The molecule has 0 aromatic carbocycles. The van der Waals surface area contributed by atoms with Crippen LogP contribution in [-0.2, 0) is 62.7 Å². The minimum Gasteiger partial charge on any atom is -0.390 e. The molecule has 9 atom stereocenters. The van der Waals surface area contributed by atoms with Crippen molar-refractivity contribution in [1.82, 2.24) is 24.8 Å². The highest BCUT2D eigenvalue weighted by atomic mass is 31.3. The summed E-state index contributed by atoms with van der Waals surface area (Å²) >= 11 is 0. The summed E-state index contributed by atoms with van der Waals surface area (Å²) in [7, 11) is -36.5. The Morgan fingerprint density at radius 3 is 1.92 bits per heavy atom. The Morgan fingerprint density at radius 1 is 0.857 bits per heavy atom. The van der Waals surface area contributed by atoms with Gasteiger partial charge in [0.15, 0.2) is 11.2 Å². The number of hydrogen-bond donors (Lipinski definition) is 10. The molecule has 6 unspecified atom stereocenters. The second kappa shape index (κ2) is 15.1. The highest BCUT2D eigenvalue weighted by Gasteiger charge is 2.50. The third-order valence-electron chi connectivity index (χ3n) is 5.97. The third kappa shape index (κ3) is 12.0. The first-order valence-electron chi connectivity index (χ1n) is 13.0. The SMILES string of the molecule is Nc1nc2c(ncn2[C@H]2C[C@@H](O)[C@@H](COP(=O)(O)OP(=O)(O)OP(=O)(O)OP(=O)(O)OP(=O)(O)OP(=O)(O)OC3CCNCC3)O2)c(=O)[nH]1. The van der Waals surface area contributed by atoms with E-state index in [0.717, 1.165) is 6.33 Å². The molecule has 2 aromatic heterocycles. The number of aromatic amines is 1. The average molecular weight is 830 g/mol. The Morgan fingerprint density at radius 2 is 1.37 bits per heavy atom. The second-order valence-electron chi connectivity index (χ2n) is 9.78. The van der Waals surface area contributed by atoms with Crippen LogP contribution in [0.3, 0.4) is 0 Å². The summed E-state index contributed by atoms with van der Waals surface area (Å²) in [5.41, 5.74) is 4.65. The van der Waals surface area contributed by atoms with E-state index >= 15 is 0 Å². The maximum Gasteiger partial charge on any atom is 0.490 e. The molecule has 2 aliphatic heterocycles. The van der Waals surface area contributed by atoms with Crippen molar-refractivity contribution in [2.45, 2.75) is 43.8 Å². The van der Waals surface area contributed by atoms with Crippen molar-refractivity contribution in [2.24, 2.45) is 0 Å². The predicted octanol–water partition coefficient (Wildman–Crippen LogP) is -0.179. The first-order chi connectivity index (χ1) is 22.4. The molecule has 4 heterocycles. The number of piperidine rings is 1. The van der Waals surface area contributed by atoms with E-state index in [4.69, 9.17) is 10.5 Å². The van der Waals surface area contributed by atoms with Gasteiger partial charge in [-0.15, -0.1) is 0 Å². The zero-order chi connectivity index (χ0) is 36.6. The molecule has 34 heteroatoms. The number of nitrogens with one attached hydrogen (secondary N) is 2. The molecule has 0 bridgehead atoms. The Bertz CT molecular complexity index is 1880. The van der Waals surface area contributed by atoms with Crippen LogP contribution in [0, 0.1) is 0 Å². The molecule has 49 heavy (non-hydrogen) atoms. The monoisotopic (exact) mass is 830 g/mol. The fourth-order valence-corrected chi connectivity index (χ4v) is 12.2. The lowest BCUT2D eigenvalue weighted by molar-refractivity contribution is -0.0423. The van der Waals surface area contributed by atoms with E-state index in [1.54, 1.807) is 0 Å². The third-order valence-corrected chi connectivity index (χ3v) is 15.3. The molecule has 0 amide bonds. The Balaban J connectivity index is 1.30. The van der Waals surface area contributed by atoms with Gasteiger partial charge in [-0.25, -0.2) is 32.4 Å². The molecule has 2 saturated heterocycles. The Hall–Kier alpha value is -1.11. The standard InChI is InChI=1S/C15H28N6O22P6/c16-15-19-13-12(14(23)20-15)18-7-21(13)11-5-9(22)10(37-11)6-36-44(24,25)39-46(28,29)41-48(32,33)43-49(34,35)42-47(30,31)40-45(26,27)38-8-1-3-17-4-2-8/h7-11,17,22H,1-6H2,(H,24,25)(H,26,27)(H,28,29)(H,30,31)(H,32,33)(H,34,35)(H3,16,19,20,23)/t9-,10-,11-/m1/s1. The summed E-state index contributed by atoms with van der Waals surface area (Å²) in [4.78, 5) is 80.0. The molecule has 0 aliphatic carbocycles. The number of fused-ring (bicyclic) bond motifs is 1. The summed E-state index contributed by atoms with van der Waals surface area (Å²) in [5.74, 6) is -0.270. The van der Waals surface area contributed by atoms with Crippen molar-refractivity contribution < 1.29 is 97.2 Å². The van der Waals surface area contributed by atoms with Gasteiger partial charge < -0.3 is 50.3 Å². The fourth-order valence-electron chi connectivity index (χ4n) is 4.20. The number of anilines is 1. The van der Waals surface area contributed by atoms with Gasteiger partial charge in [0.1, 0.15) is 12.3 Å². The van der Waals surface area contributed by atoms with Gasteiger partial charge in [0.25, 0.3) is 5.56 Å². The zero-order valence-electron chi connectivity index (χ0n) is 24.0. The topological polar surface area (TPSA) is 419 Å². The summed E-state index contributed by atoms with van der Waals surface area (Å²) < 4.78 is 107. The molecule has 2 fully saturated rings. The van der Waals surface area contributed by atoms with Gasteiger partial charge in [0, 0.05) is 6.42 Å². The van der Waals surface area contributed by atoms with E-state index in [9.17, 15) is 66.7 Å². The zero-order valence-corrected chi connectivity index (χ0v) is 29.4. The maximum atomic E-state index is 12.3. The summed E-state index contributed by atoms with van der Waals surface area (Å²) in [6.07, 6.45) is -3.72. The van der Waals surface area contributed by atoms with Crippen molar-refractivity contribution in [3.05, 3.63) is 16.7 Å². The maximum absolute atomic E-state index is 12.3. The highest BCUT2D eigenvalue weighted by Crippen LogP contribution is 2.75. The number of aromatic nitrogens is 4. The predicted molar refractivity (Wildman–Crippen MR) is 154 cm³/mol. The minimum absolute atomic E-state index is 0.0487. The van der Waals surface area contributed by atoms with E-state index in [0.29, 0.717) is 13.1 Å². The molecule has 0 radical (unpaired) electrons. The van der Waals surface area contributed by atoms with E-state index in [1.807, 2.05) is 0 Å². The van der Waals surface area contributed by atoms with E-state index < -0.39 is 83.6 Å². The van der Waals surface area contributed by atoms with Gasteiger partial charge in [-0.1, -0.05) is 0 Å². The number of imidazole rings is 1. The van der Waals surface area contributed by atoms with E-state index in [2.05, 4.69) is 50.9 Å². The number of hydrogen-bond acceptors (Lipinski definition) is 20. The van der Waals surface area contributed by atoms with Crippen molar-refractivity contribution >= 4 is 64.0 Å². The van der Waals surface area contributed by atoms with Crippen LogP contribution in [-0.4, -0.2) is 92.0 Å². The van der Waals surface area contributed by atoms with Gasteiger partial charge in [-0.3, -0.25) is 23.4 Å². The number of aliphatic hydroxyl groups excluding tert-OH is 1. The van der Waals surface area contributed by atoms with Crippen LogP contribution in [0.15, 0.2) is 11.1 Å². The number of aliphatic hydroxyl groups is 1. The van der Waals surface area contributed by atoms with Gasteiger partial charge >= 0.3 is 46.9 Å². The van der Waals surface area contributed by atoms with E-state index in [-0.39, 0.29) is 36.4 Å². The first-order valence-corrected chi connectivity index (χ1v) is 22.0. The highest BCUT2D eigenvalue weighted by molar-refractivity contribution is 7.72. The lowest BCUT2D eigenvalue weighted by atomic mass is 10.1. The summed E-state index contributed by atoms with van der Waals surface area (Å²) in [5, 5.41) is 13.2. The Labute approximate surface area is 272 Å². The number of phosphoric ester groups is 2. The van der Waals surface area contributed by atoms with Crippen LogP contribution >= 0.6 is 46.9 Å². The largest absolute Gasteiger partial charge is 0.490 e. The second-order valence-corrected chi connectivity index (χ2v) is 19.1. The summed E-state index contributed by atoms with van der Waals surface area (Å²) in [6.45, 7) is -0.381. The number of phosphoric acid groups is 6. The number of H-pyrrole nitrogens is 1. The average Bonchev–Trinajstić information content (AvgIpc) is 3.47. The van der Waals surface area contributed by atoms with Gasteiger partial charge in [0.2, 0.25) is 5.95 Å². The molecule has 11 N–H and O–H groups in total. The molecule has 0 spiro atoms. The van der Waals surface area contributed by atoms with Crippen LogP contribution in [0.1, 0.15) is 25.5 Å². The molecule has 28 nitrogen and oxygen atoms in total. The quantitative estimate of drug-likeness (QED) is 0.0981. The van der Waals surface area contributed by atoms with Crippen molar-refractivity contribution in [3.8, 4) is 0 Å². The summed E-state index contributed by atoms with van der Waals surface area (Å²) in [6, 6.07) is 0. The minimum atomic E-state index is -6.44. The van der Waals surface area contributed by atoms with Gasteiger partial charge in [-0.05, 0) is 25.9 Å². The van der Waals surface area contributed by atoms with Gasteiger partial charge in [-0.2, -0.15) is 26.5 Å². The van der Waals surface area contributed by atoms with Crippen LogP contribution in [0.25, 0.3) is 11.2 Å². The van der Waals surface area contributed by atoms with Crippen LogP contribution in [0.2, 0.25) is 0 Å². The smallest absolute Gasteiger partial charge is 0.390 e. The first kappa shape index (κ1) is 40.7. The molecule has 2 aliphatic rings. The van der Waals surface area contributed by atoms with E-state index in [1.165, 1.54) is 4.57 Å². The molecule has 4 rings (SSSR count). The fraction of sp³-hybridized carbons (Fsp3) is 0.667. The van der Waals surface area contributed by atoms with Crippen LogP contribution < -0.4 is 16.6 Å². The van der Waals surface area contributed by atoms with Gasteiger partial charge in [0.05, 0.1) is 25.1 Å². The lowest BCUT2D eigenvalue weighted by Crippen LogP contribution is -2.32. The lowest BCUT2D eigenvalue weighted by Gasteiger charge is -2.25. The molecule has 2 aromatic rings. The molecular formula is C15H28N6O22P6. The number of nitrogens with zero attached hydrogens (tertiary/aromatic N) is 3. The molecule has 0 saturated carbocycles. The molecule has 280 valence electrons. The number of rotatable bonds is 16. The molecular weight excluding hydrogens is 802 g/mol. The number of nitrogen functional groups attached to an aromatic ring is 1. The van der Waals surface area contributed by atoms with Crippen molar-refractivity contribution in [2.75, 3.05) is 25.4 Å².